The average Bonchev–Trinajstić information content (AvgIpc) is 2.68. The molecule has 1 aromatic rings. The van der Waals surface area contributed by atoms with Crippen molar-refractivity contribution in [2.75, 3.05) is 20.3 Å². The van der Waals surface area contributed by atoms with Gasteiger partial charge in [-0.15, -0.1) is 11.3 Å². The van der Waals surface area contributed by atoms with Gasteiger partial charge in [0.15, 0.2) is 0 Å². The molecule has 0 aliphatic carbocycles. The molecule has 14 heavy (non-hydrogen) atoms. The van der Waals surface area contributed by atoms with E-state index in [0.717, 1.165) is 32.6 Å². The molecule has 2 rings (SSSR count). The molecule has 0 spiro atoms. The van der Waals surface area contributed by atoms with Crippen LogP contribution in [0.5, 0.6) is 0 Å². The summed E-state index contributed by atoms with van der Waals surface area (Å²) < 4.78 is 5.35. The summed E-state index contributed by atoms with van der Waals surface area (Å²) >= 11 is 1.83. The Morgan fingerprint density at radius 2 is 2.36 bits per heavy atom. The first-order valence-corrected chi connectivity index (χ1v) is 5.88. The second-order valence-electron chi connectivity index (χ2n) is 3.57. The van der Waals surface area contributed by atoms with Gasteiger partial charge in [-0.1, -0.05) is 0 Å². The van der Waals surface area contributed by atoms with Crippen molar-refractivity contribution in [2.45, 2.75) is 25.3 Å². The average molecular weight is 212 g/mol. The number of nitrogens with one attached hydrogen (secondary N) is 1. The standard InChI is InChI=1S/C10H16N2OS/c1-11-7-10-12-6-9(14-10)8-2-4-13-5-3-8/h6,8,11H,2-5,7H2,1H3. The first-order chi connectivity index (χ1) is 6.90. The van der Waals surface area contributed by atoms with Crippen LogP contribution < -0.4 is 5.32 Å². The molecule has 78 valence electrons. The summed E-state index contributed by atoms with van der Waals surface area (Å²) in [7, 11) is 1.95. The van der Waals surface area contributed by atoms with Crippen LogP contribution in [0.4, 0.5) is 0 Å². The summed E-state index contributed by atoms with van der Waals surface area (Å²) in [5, 5.41) is 4.31. The maximum absolute atomic E-state index is 5.35. The lowest BCUT2D eigenvalue weighted by molar-refractivity contribution is 0.0860. The first kappa shape index (κ1) is 10.1. The third kappa shape index (κ3) is 2.32. The zero-order chi connectivity index (χ0) is 9.80. The fourth-order valence-electron chi connectivity index (χ4n) is 1.73. The van der Waals surface area contributed by atoms with Gasteiger partial charge in [0.1, 0.15) is 5.01 Å². The predicted octanol–water partition coefficient (Wildman–Crippen LogP) is 1.76. The van der Waals surface area contributed by atoms with Crippen molar-refractivity contribution >= 4 is 11.3 Å². The Labute approximate surface area is 88.5 Å². The van der Waals surface area contributed by atoms with Crippen LogP contribution in [0.2, 0.25) is 0 Å². The molecule has 0 saturated carbocycles. The summed E-state index contributed by atoms with van der Waals surface area (Å²) in [6.45, 7) is 2.70. The van der Waals surface area contributed by atoms with Crippen molar-refractivity contribution in [3.8, 4) is 0 Å². The zero-order valence-corrected chi connectivity index (χ0v) is 9.27. The summed E-state index contributed by atoms with van der Waals surface area (Å²) in [6.07, 6.45) is 4.34. The lowest BCUT2D eigenvalue weighted by atomic mass is 9.99. The predicted molar refractivity (Wildman–Crippen MR) is 57.7 cm³/mol. The van der Waals surface area contributed by atoms with Crippen LogP contribution in [0, 0.1) is 0 Å². The minimum atomic E-state index is 0.687. The van der Waals surface area contributed by atoms with E-state index in [2.05, 4.69) is 10.3 Å². The van der Waals surface area contributed by atoms with E-state index in [9.17, 15) is 0 Å². The molecule has 1 aromatic heterocycles. The fourth-order valence-corrected chi connectivity index (χ4v) is 2.83. The molecule has 0 radical (unpaired) electrons. The maximum atomic E-state index is 5.35. The quantitative estimate of drug-likeness (QED) is 0.829. The number of ether oxygens (including phenoxy) is 1. The molecular formula is C10H16N2OS. The van der Waals surface area contributed by atoms with Crippen molar-refractivity contribution in [1.29, 1.82) is 0 Å². The molecular weight excluding hydrogens is 196 g/mol. The second kappa shape index (κ2) is 4.87. The Kier molecular flexibility index (Phi) is 3.50. The van der Waals surface area contributed by atoms with Gasteiger partial charge < -0.3 is 10.1 Å². The molecule has 1 N–H and O–H groups in total. The molecule has 0 bridgehead atoms. The largest absolute Gasteiger partial charge is 0.381 e. The van der Waals surface area contributed by atoms with Crippen LogP contribution in [-0.4, -0.2) is 25.2 Å². The summed E-state index contributed by atoms with van der Waals surface area (Å²) in [5.41, 5.74) is 0. The van der Waals surface area contributed by atoms with Crippen LogP contribution in [0.3, 0.4) is 0 Å². The van der Waals surface area contributed by atoms with E-state index in [1.807, 2.05) is 24.6 Å². The van der Waals surface area contributed by atoms with Crippen molar-refractivity contribution in [2.24, 2.45) is 0 Å². The lowest BCUT2D eigenvalue weighted by Crippen LogP contribution is -2.12. The minimum absolute atomic E-state index is 0.687. The van der Waals surface area contributed by atoms with E-state index < -0.39 is 0 Å². The Morgan fingerprint density at radius 3 is 3.07 bits per heavy atom. The topological polar surface area (TPSA) is 34.2 Å². The van der Waals surface area contributed by atoms with E-state index >= 15 is 0 Å². The first-order valence-electron chi connectivity index (χ1n) is 5.07. The summed E-state index contributed by atoms with van der Waals surface area (Å²) in [5.74, 6) is 0.687. The molecule has 2 heterocycles. The van der Waals surface area contributed by atoms with E-state index in [4.69, 9.17) is 4.74 Å². The van der Waals surface area contributed by atoms with E-state index in [1.54, 1.807) is 0 Å². The van der Waals surface area contributed by atoms with Crippen LogP contribution >= 0.6 is 11.3 Å². The van der Waals surface area contributed by atoms with Gasteiger partial charge in [0, 0.05) is 30.8 Å². The van der Waals surface area contributed by atoms with Gasteiger partial charge in [-0.2, -0.15) is 0 Å². The van der Waals surface area contributed by atoms with Crippen molar-refractivity contribution < 1.29 is 4.74 Å². The third-order valence-corrected chi connectivity index (χ3v) is 3.68. The summed E-state index contributed by atoms with van der Waals surface area (Å²) in [6, 6.07) is 0. The number of rotatable bonds is 3. The van der Waals surface area contributed by atoms with Crippen LogP contribution in [0.1, 0.15) is 28.6 Å². The molecule has 4 heteroatoms. The van der Waals surface area contributed by atoms with Crippen LogP contribution in [-0.2, 0) is 11.3 Å². The van der Waals surface area contributed by atoms with Gasteiger partial charge in [-0.05, 0) is 25.8 Å². The fraction of sp³-hybridized carbons (Fsp3) is 0.700. The second-order valence-corrected chi connectivity index (χ2v) is 4.72. The van der Waals surface area contributed by atoms with Gasteiger partial charge in [0.05, 0.1) is 0 Å². The van der Waals surface area contributed by atoms with Gasteiger partial charge >= 0.3 is 0 Å². The number of hydrogen-bond acceptors (Lipinski definition) is 4. The Morgan fingerprint density at radius 1 is 1.57 bits per heavy atom. The number of thiazole rings is 1. The van der Waals surface area contributed by atoms with Gasteiger partial charge in [-0.25, -0.2) is 4.98 Å². The Bertz CT molecular complexity index is 281. The van der Waals surface area contributed by atoms with E-state index in [1.165, 1.54) is 9.88 Å². The number of hydrogen-bond donors (Lipinski definition) is 1. The molecule has 0 atom stereocenters. The van der Waals surface area contributed by atoms with E-state index in [-0.39, 0.29) is 0 Å². The molecule has 1 aliphatic heterocycles. The van der Waals surface area contributed by atoms with Crippen molar-refractivity contribution in [3.63, 3.8) is 0 Å². The number of aromatic nitrogens is 1. The van der Waals surface area contributed by atoms with Crippen molar-refractivity contribution in [3.05, 3.63) is 16.1 Å². The number of nitrogens with zero attached hydrogens (tertiary/aromatic N) is 1. The van der Waals surface area contributed by atoms with Crippen LogP contribution in [0.15, 0.2) is 6.20 Å². The highest BCUT2D eigenvalue weighted by Gasteiger charge is 2.17. The molecule has 1 aliphatic rings. The van der Waals surface area contributed by atoms with E-state index in [0.29, 0.717) is 5.92 Å². The van der Waals surface area contributed by atoms with Gasteiger partial charge in [0.2, 0.25) is 0 Å². The normalized spacial score (nSPS) is 18.6. The highest BCUT2D eigenvalue weighted by molar-refractivity contribution is 7.11. The van der Waals surface area contributed by atoms with Gasteiger partial charge in [0.25, 0.3) is 0 Å². The van der Waals surface area contributed by atoms with Crippen molar-refractivity contribution in [1.82, 2.24) is 10.3 Å². The van der Waals surface area contributed by atoms with Gasteiger partial charge in [-0.3, -0.25) is 0 Å². The molecule has 3 nitrogen and oxygen atoms in total. The third-order valence-electron chi connectivity index (χ3n) is 2.52. The smallest absolute Gasteiger partial charge is 0.107 e. The minimum Gasteiger partial charge on any atom is -0.381 e. The lowest BCUT2D eigenvalue weighted by Gasteiger charge is -2.20. The highest BCUT2D eigenvalue weighted by atomic mass is 32.1. The molecule has 0 unspecified atom stereocenters. The van der Waals surface area contributed by atoms with Crippen LogP contribution in [0.25, 0.3) is 0 Å². The zero-order valence-electron chi connectivity index (χ0n) is 8.45. The monoisotopic (exact) mass is 212 g/mol. The Balaban J connectivity index is 2.00. The maximum Gasteiger partial charge on any atom is 0.107 e. The molecule has 0 aromatic carbocycles. The molecule has 1 saturated heterocycles. The molecule has 1 fully saturated rings. The summed E-state index contributed by atoms with van der Waals surface area (Å²) in [4.78, 5) is 5.83. The SMILES string of the molecule is CNCc1ncc(C2CCOCC2)s1. The highest BCUT2D eigenvalue weighted by Crippen LogP contribution is 2.30. The Hall–Kier alpha value is -0.450. The molecule has 0 amide bonds.